The Bertz CT molecular complexity index is 821. The molecule has 5 nitrogen and oxygen atoms in total. The number of esters is 1. The molecular formula is C20H20N2O3S. The Hall–Kier alpha value is -2.60. The molecule has 1 aliphatic heterocycles. The predicted molar refractivity (Wildman–Crippen MR) is 102 cm³/mol. The normalized spacial score (nSPS) is 13.9. The van der Waals surface area contributed by atoms with E-state index < -0.39 is 5.97 Å². The van der Waals surface area contributed by atoms with E-state index in [0.29, 0.717) is 23.7 Å². The third-order valence-corrected chi connectivity index (χ3v) is 4.93. The van der Waals surface area contributed by atoms with E-state index in [2.05, 4.69) is 23.2 Å². The number of carbonyl (C=O) groups is 2. The number of carbonyl (C=O) groups excluding carboxylic acids is 2. The summed E-state index contributed by atoms with van der Waals surface area (Å²) in [6.45, 7) is 0.902. The van der Waals surface area contributed by atoms with Crippen LogP contribution in [0.5, 0.6) is 0 Å². The standard InChI is InChI=1S/C20H20N2O3S/c1-26-19-17(8-5-11-21-19)20(24)25-14-18(23)22-12-9-16(10-13-22)15-6-3-2-4-7-15/h2-9,11H,10,12-14H2,1H3. The predicted octanol–water partition coefficient (Wildman–Crippen LogP) is 3.28. The van der Waals surface area contributed by atoms with Gasteiger partial charge >= 0.3 is 5.97 Å². The van der Waals surface area contributed by atoms with Crippen LogP contribution in [0.3, 0.4) is 0 Å². The summed E-state index contributed by atoms with van der Waals surface area (Å²) >= 11 is 1.37. The van der Waals surface area contributed by atoms with Crippen LogP contribution in [0, 0.1) is 0 Å². The van der Waals surface area contributed by atoms with Gasteiger partial charge in [-0.3, -0.25) is 4.79 Å². The van der Waals surface area contributed by atoms with Gasteiger partial charge in [0.1, 0.15) is 5.03 Å². The topological polar surface area (TPSA) is 59.5 Å². The number of pyridine rings is 1. The molecule has 3 rings (SSSR count). The molecule has 1 aromatic heterocycles. The Labute approximate surface area is 157 Å². The van der Waals surface area contributed by atoms with Gasteiger partial charge in [-0.15, -0.1) is 11.8 Å². The fraction of sp³-hybridized carbons (Fsp3) is 0.250. The zero-order valence-corrected chi connectivity index (χ0v) is 15.4. The molecule has 0 atom stereocenters. The van der Waals surface area contributed by atoms with Crippen LogP contribution in [0.4, 0.5) is 0 Å². The van der Waals surface area contributed by atoms with Crippen molar-refractivity contribution in [3.63, 3.8) is 0 Å². The number of aromatic nitrogens is 1. The smallest absolute Gasteiger partial charge is 0.341 e. The fourth-order valence-electron chi connectivity index (χ4n) is 2.82. The molecule has 1 amide bonds. The van der Waals surface area contributed by atoms with Crippen molar-refractivity contribution in [3.05, 3.63) is 65.9 Å². The average molecular weight is 368 g/mol. The first-order valence-corrected chi connectivity index (χ1v) is 9.60. The fourth-order valence-corrected chi connectivity index (χ4v) is 3.35. The Morgan fingerprint density at radius 3 is 2.69 bits per heavy atom. The maximum absolute atomic E-state index is 12.3. The first-order valence-electron chi connectivity index (χ1n) is 8.37. The molecule has 2 aromatic rings. The SMILES string of the molecule is CSc1ncccc1C(=O)OCC(=O)N1CC=C(c2ccccc2)CC1. The molecule has 0 spiro atoms. The molecule has 1 aromatic carbocycles. The number of hydrogen-bond acceptors (Lipinski definition) is 5. The minimum absolute atomic E-state index is 0.184. The maximum Gasteiger partial charge on any atom is 0.341 e. The van der Waals surface area contributed by atoms with Crippen molar-refractivity contribution in [1.29, 1.82) is 0 Å². The lowest BCUT2D eigenvalue weighted by molar-refractivity contribution is -0.134. The summed E-state index contributed by atoms with van der Waals surface area (Å²) < 4.78 is 5.19. The number of amides is 1. The second-order valence-electron chi connectivity index (χ2n) is 5.82. The van der Waals surface area contributed by atoms with Crippen molar-refractivity contribution in [2.75, 3.05) is 26.0 Å². The van der Waals surface area contributed by atoms with Crippen LogP contribution in [0.1, 0.15) is 22.3 Å². The molecule has 6 heteroatoms. The summed E-state index contributed by atoms with van der Waals surface area (Å²) in [6.07, 6.45) is 6.32. The summed E-state index contributed by atoms with van der Waals surface area (Å²) in [4.78, 5) is 30.4. The van der Waals surface area contributed by atoms with Crippen LogP contribution in [0.2, 0.25) is 0 Å². The molecule has 0 fully saturated rings. The molecule has 0 unspecified atom stereocenters. The summed E-state index contributed by atoms with van der Waals surface area (Å²) in [5.41, 5.74) is 2.82. The number of benzene rings is 1. The van der Waals surface area contributed by atoms with E-state index in [1.165, 1.54) is 22.9 Å². The Morgan fingerprint density at radius 1 is 1.19 bits per heavy atom. The lowest BCUT2D eigenvalue weighted by Crippen LogP contribution is -2.37. The summed E-state index contributed by atoms with van der Waals surface area (Å²) in [5, 5.41) is 0.596. The van der Waals surface area contributed by atoms with Crippen LogP contribution in [0.25, 0.3) is 5.57 Å². The molecule has 134 valence electrons. The highest BCUT2D eigenvalue weighted by molar-refractivity contribution is 7.98. The average Bonchev–Trinajstić information content (AvgIpc) is 2.72. The Balaban J connectivity index is 1.55. The van der Waals surface area contributed by atoms with E-state index in [4.69, 9.17) is 4.74 Å². The number of hydrogen-bond donors (Lipinski definition) is 0. The third kappa shape index (κ3) is 4.32. The van der Waals surface area contributed by atoms with Crippen molar-refractivity contribution >= 4 is 29.2 Å². The van der Waals surface area contributed by atoms with Crippen molar-refractivity contribution in [3.8, 4) is 0 Å². The molecular weight excluding hydrogens is 348 g/mol. The third-order valence-electron chi connectivity index (χ3n) is 4.22. The Kier molecular flexibility index (Phi) is 6.07. The van der Waals surface area contributed by atoms with Gasteiger partial charge in [-0.05, 0) is 35.9 Å². The second-order valence-corrected chi connectivity index (χ2v) is 6.62. The molecule has 1 aliphatic rings. The van der Waals surface area contributed by atoms with E-state index >= 15 is 0 Å². The minimum atomic E-state index is -0.520. The molecule has 0 N–H and O–H groups in total. The first kappa shape index (κ1) is 18.2. The van der Waals surface area contributed by atoms with E-state index in [0.717, 1.165) is 6.42 Å². The van der Waals surface area contributed by atoms with Crippen molar-refractivity contribution in [2.45, 2.75) is 11.4 Å². The molecule has 26 heavy (non-hydrogen) atoms. The summed E-state index contributed by atoms with van der Waals surface area (Å²) in [5.74, 6) is -0.704. The van der Waals surface area contributed by atoms with Gasteiger partial charge in [0, 0.05) is 19.3 Å². The van der Waals surface area contributed by atoms with Crippen molar-refractivity contribution in [1.82, 2.24) is 9.88 Å². The van der Waals surface area contributed by atoms with Crippen molar-refractivity contribution < 1.29 is 14.3 Å². The molecule has 0 bridgehead atoms. The van der Waals surface area contributed by atoms with Gasteiger partial charge in [-0.2, -0.15) is 0 Å². The van der Waals surface area contributed by atoms with Gasteiger partial charge in [-0.1, -0.05) is 36.4 Å². The van der Waals surface area contributed by atoms with Crippen LogP contribution in [0.15, 0.2) is 59.8 Å². The van der Waals surface area contributed by atoms with Gasteiger partial charge in [0.2, 0.25) is 0 Å². The largest absolute Gasteiger partial charge is 0.452 e. The molecule has 0 saturated carbocycles. The lowest BCUT2D eigenvalue weighted by Gasteiger charge is -2.26. The quantitative estimate of drug-likeness (QED) is 0.599. The molecule has 2 heterocycles. The first-order chi connectivity index (χ1) is 12.7. The molecule has 0 radical (unpaired) electrons. The van der Waals surface area contributed by atoms with Gasteiger partial charge in [0.05, 0.1) is 5.56 Å². The van der Waals surface area contributed by atoms with Gasteiger partial charge in [0.15, 0.2) is 6.61 Å². The van der Waals surface area contributed by atoms with Gasteiger partial charge in [-0.25, -0.2) is 9.78 Å². The highest BCUT2D eigenvalue weighted by Crippen LogP contribution is 2.22. The van der Waals surface area contributed by atoms with Crippen LogP contribution < -0.4 is 0 Å². The van der Waals surface area contributed by atoms with E-state index in [1.54, 1.807) is 23.2 Å². The highest BCUT2D eigenvalue weighted by atomic mass is 32.2. The van der Waals surface area contributed by atoms with Gasteiger partial charge in [0.25, 0.3) is 5.91 Å². The van der Waals surface area contributed by atoms with E-state index in [9.17, 15) is 9.59 Å². The maximum atomic E-state index is 12.3. The van der Waals surface area contributed by atoms with Crippen molar-refractivity contribution in [2.24, 2.45) is 0 Å². The zero-order chi connectivity index (χ0) is 18.4. The zero-order valence-electron chi connectivity index (χ0n) is 14.6. The van der Waals surface area contributed by atoms with Crippen LogP contribution in [-0.4, -0.2) is 47.7 Å². The number of rotatable bonds is 5. The summed E-state index contributed by atoms with van der Waals surface area (Å²) in [6, 6.07) is 13.5. The monoisotopic (exact) mass is 368 g/mol. The highest BCUT2D eigenvalue weighted by Gasteiger charge is 2.20. The number of nitrogens with zero attached hydrogens (tertiary/aromatic N) is 2. The van der Waals surface area contributed by atoms with Gasteiger partial charge < -0.3 is 9.64 Å². The molecule has 0 saturated heterocycles. The number of thioether (sulfide) groups is 1. The molecule has 0 aliphatic carbocycles. The van der Waals surface area contributed by atoms with Crippen LogP contribution in [-0.2, 0) is 9.53 Å². The summed E-state index contributed by atoms with van der Waals surface area (Å²) in [7, 11) is 0. The number of ether oxygens (including phenoxy) is 1. The van der Waals surface area contributed by atoms with E-state index in [-0.39, 0.29) is 12.5 Å². The second kappa shape index (κ2) is 8.67. The van der Waals surface area contributed by atoms with E-state index in [1.807, 2.05) is 24.5 Å². The lowest BCUT2D eigenvalue weighted by atomic mass is 10.00. The minimum Gasteiger partial charge on any atom is -0.452 e. The Morgan fingerprint density at radius 2 is 2.00 bits per heavy atom. The van der Waals surface area contributed by atoms with Crippen LogP contribution >= 0.6 is 11.8 Å².